The first-order valence-corrected chi connectivity index (χ1v) is 5.47. The molecule has 0 saturated heterocycles. The predicted octanol–water partition coefficient (Wildman–Crippen LogP) is -0.673. The molecule has 0 N–H and O–H groups in total. The smallest absolute Gasteiger partial charge is 0.188 e. The minimum absolute atomic E-state index is 0. The quantitative estimate of drug-likeness (QED) is 0.511. The number of nitrogens with zero attached hydrogens (tertiary/aromatic N) is 1. The maximum absolute atomic E-state index is 5.89. The van der Waals surface area contributed by atoms with Gasteiger partial charge in [-0.1, -0.05) is 22.0 Å². The molecule has 0 aliphatic heterocycles. The van der Waals surface area contributed by atoms with Gasteiger partial charge >= 0.3 is 0 Å². The van der Waals surface area contributed by atoms with Crippen molar-refractivity contribution in [1.82, 2.24) is 0 Å². The Morgan fingerprint density at radius 2 is 1.85 bits per heavy atom. The summed E-state index contributed by atoms with van der Waals surface area (Å²) in [5.74, 6) is 0.604. The predicted molar refractivity (Wildman–Crippen MR) is 54.8 cm³/mol. The summed E-state index contributed by atoms with van der Waals surface area (Å²) < 4.78 is 2.12. The van der Waals surface area contributed by atoms with E-state index in [0.29, 0.717) is 5.88 Å². The zero-order valence-corrected chi connectivity index (χ0v) is 11.3. The first kappa shape index (κ1) is 13.4. The Bertz CT molecular complexity index is 237. The van der Waals surface area contributed by atoms with Crippen LogP contribution in [0.25, 0.3) is 0 Å². The number of pyridine rings is 1. The van der Waals surface area contributed by atoms with Crippen LogP contribution < -0.4 is 21.5 Å². The number of rotatable bonds is 3. The summed E-state index contributed by atoms with van der Waals surface area (Å²) in [5.41, 5.74) is -0.0250. The highest BCUT2D eigenvalue weighted by molar-refractivity contribution is 9.09. The van der Waals surface area contributed by atoms with E-state index in [9.17, 15) is 0 Å². The minimum atomic E-state index is -0.0250. The molecular weight excluding hydrogens is 317 g/mol. The Balaban J connectivity index is 0.00000144. The van der Waals surface area contributed by atoms with Crippen LogP contribution in [-0.4, -0.2) is 11.2 Å². The maximum Gasteiger partial charge on any atom is 0.188 e. The highest BCUT2D eigenvalue weighted by Crippen LogP contribution is 2.12. The molecule has 13 heavy (non-hydrogen) atoms. The molecule has 1 nitrogen and oxygen atoms in total. The summed E-state index contributed by atoms with van der Waals surface area (Å²) in [7, 11) is 0. The third-order valence-corrected chi connectivity index (χ3v) is 3.70. The largest absolute Gasteiger partial charge is 1.00 e. The Hall–Kier alpha value is 0.400. The van der Waals surface area contributed by atoms with Crippen molar-refractivity contribution in [3.8, 4) is 0 Å². The third kappa shape index (κ3) is 3.22. The van der Waals surface area contributed by atoms with E-state index < -0.39 is 0 Å². The van der Waals surface area contributed by atoms with Crippen LogP contribution in [0, 0.1) is 0 Å². The van der Waals surface area contributed by atoms with Crippen molar-refractivity contribution in [2.75, 3.05) is 11.2 Å². The monoisotopic (exact) mass is 327 g/mol. The van der Waals surface area contributed by atoms with E-state index in [2.05, 4.69) is 27.4 Å². The first-order valence-electron chi connectivity index (χ1n) is 3.81. The Labute approximate surface area is 103 Å². The van der Waals surface area contributed by atoms with Gasteiger partial charge in [0.2, 0.25) is 0 Å². The van der Waals surface area contributed by atoms with Gasteiger partial charge in [-0.05, 0) is 0 Å². The van der Waals surface area contributed by atoms with Crippen molar-refractivity contribution < 1.29 is 21.5 Å². The average molecular weight is 329 g/mol. The lowest BCUT2D eigenvalue weighted by atomic mass is 10.1. The molecule has 0 aliphatic carbocycles. The lowest BCUT2D eigenvalue weighted by Gasteiger charge is -2.18. The molecule has 0 radical (unpaired) electrons. The van der Waals surface area contributed by atoms with Crippen molar-refractivity contribution in [2.24, 2.45) is 0 Å². The van der Waals surface area contributed by atoms with Crippen LogP contribution in [0.4, 0.5) is 0 Å². The number of alkyl halides is 2. The lowest BCUT2D eigenvalue weighted by molar-refractivity contribution is -0.751. The molecule has 1 rings (SSSR count). The van der Waals surface area contributed by atoms with Gasteiger partial charge in [-0.2, -0.15) is 4.57 Å². The second-order valence-electron chi connectivity index (χ2n) is 3.05. The average Bonchev–Trinajstić information content (AvgIpc) is 2.18. The van der Waals surface area contributed by atoms with Crippen molar-refractivity contribution in [3.63, 3.8) is 0 Å². The Kier molecular flexibility index (Phi) is 6.18. The number of hydrogen-bond donors (Lipinski definition) is 0. The maximum atomic E-state index is 5.89. The normalized spacial score (nSPS) is 14.4. The van der Waals surface area contributed by atoms with E-state index in [1.54, 1.807) is 0 Å². The van der Waals surface area contributed by atoms with Gasteiger partial charge < -0.3 is 17.0 Å². The van der Waals surface area contributed by atoms with Crippen molar-refractivity contribution in [1.29, 1.82) is 0 Å². The van der Waals surface area contributed by atoms with E-state index in [0.717, 1.165) is 5.33 Å². The van der Waals surface area contributed by atoms with Crippen molar-refractivity contribution in [2.45, 2.75) is 12.5 Å². The van der Waals surface area contributed by atoms with E-state index in [-0.39, 0.29) is 22.5 Å². The summed E-state index contributed by atoms with van der Waals surface area (Å²) >= 11 is 9.36. The molecule has 0 aliphatic rings. The van der Waals surface area contributed by atoms with Crippen LogP contribution in [0.1, 0.15) is 6.92 Å². The zero-order valence-electron chi connectivity index (χ0n) is 7.38. The SMILES string of the molecule is CC(CCl)(CBr)[n+]1ccccc1.[Br-]. The van der Waals surface area contributed by atoms with Crippen molar-refractivity contribution >= 4 is 27.5 Å². The van der Waals surface area contributed by atoms with Crippen LogP contribution in [0.5, 0.6) is 0 Å². The summed E-state index contributed by atoms with van der Waals surface area (Å²) in [5, 5.41) is 0.859. The van der Waals surface area contributed by atoms with Gasteiger partial charge in [0, 0.05) is 19.1 Å². The second kappa shape index (κ2) is 5.99. The van der Waals surface area contributed by atoms with Gasteiger partial charge in [0.05, 0.1) is 11.2 Å². The summed E-state index contributed by atoms with van der Waals surface area (Å²) in [4.78, 5) is 0. The van der Waals surface area contributed by atoms with Crippen LogP contribution in [0.15, 0.2) is 30.6 Å². The fraction of sp³-hybridized carbons (Fsp3) is 0.444. The Morgan fingerprint density at radius 1 is 1.31 bits per heavy atom. The van der Waals surface area contributed by atoms with Gasteiger partial charge in [-0.3, -0.25) is 0 Å². The number of hydrogen-bond acceptors (Lipinski definition) is 0. The minimum Gasteiger partial charge on any atom is -1.00 e. The standard InChI is InChI=1S/C9H12BrClN.BrH/c1-9(7-10,8-11)12-5-3-2-4-6-12;/h2-6H,7-8H2,1H3;1H/q+1;/p-1. The van der Waals surface area contributed by atoms with Crippen LogP contribution in [0.3, 0.4) is 0 Å². The first-order chi connectivity index (χ1) is 5.73. The highest BCUT2D eigenvalue weighted by Gasteiger charge is 2.31. The highest BCUT2D eigenvalue weighted by atomic mass is 79.9. The Morgan fingerprint density at radius 3 is 2.23 bits per heavy atom. The third-order valence-electron chi connectivity index (χ3n) is 1.91. The molecule has 1 unspecified atom stereocenters. The van der Waals surface area contributed by atoms with Crippen molar-refractivity contribution in [3.05, 3.63) is 30.6 Å². The number of halogens is 3. The molecule has 4 heteroatoms. The summed E-state index contributed by atoms with van der Waals surface area (Å²) in [6.07, 6.45) is 4.06. The molecule has 0 spiro atoms. The van der Waals surface area contributed by atoms with Gasteiger partial charge in [-0.25, -0.2) is 0 Å². The van der Waals surface area contributed by atoms with Gasteiger partial charge in [-0.15, -0.1) is 11.6 Å². The van der Waals surface area contributed by atoms with E-state index in [1.165, 1.54) is 0 Å². The van der Waals surface area contributed by atoms with Gasteiger partial charge in [0.25, 0.3) is 0 Å². The van der Waals surface area contributed by atoms with E-state index >= 15 is 0 Å². The zero-order chi connectivity index (χ0) is 9.03. The van der Waals surface area contributed by atoms with Gasteiger partial charge in [0.1, 0.15) is 0 Å². The molecule has 0 fully saturated rings. The topological polar surface area (TPSA) is 3.88 Å². The number of aromatic nitrogens is 1. The molecular formula is C9H12Br2ClN. The van der Waals surface area contributed by atoms with Crippen LogP contribution in [-0.2, 0) is 5.54 Å². The molecule has 0 amide bonds. The second-order valence-corrected chi connectivity index (χ2v) is 3.87. The molecule has 1 atom stereocenters. The fourth-order valence-electron chi connectivity index (χ4n) is 0.932. The summed E-state index contributed by atoms with van der Waals surface area (Å²) in [6, 6.07) is 6.01. The molecule has 0 bridgehead atoms. The van der Waals surface area contributed by atoms with E-state index in [1.807, 2.05) is 30.6 Å². The lowest BCUT2D eigenvalue weighted by Crippen LogP contribution is -3.00. The van der Waals surface area contributed by atoms with E-state index in [4.69, 9.17) is 11.6 Å². The molecule has 1 aromatic heterocycles. The molecule has 74 valence electrons. The molecule has 0 aromatic carbocycles. The van der Waals surface area contributed by atoms with Crippen LogP contribution >= 0.6 is 27.5 Å². The van der Waals surface area contributed by atoms with Gasteiger partial charge in [0.15, 0.2) is 17.9 Å². The summed E-state index contributed by atoms with van der Waals surface area (Å²) in [6.45, 7) is 2.12. The molecule has 0 saturated carbocycles. The molecule has 1 aromatic rings. The fourth-order valence-corrected chi connectivity index (χ4v) is 1.88. The van der Waals surface area contributed by atoms with Crippen LogP contribution in [0.2, 0.25) is 0 Å². The molecule has 1 heterocycles.